The van der Waals surface area contributed by atoms with Crippen LogP contribution < -0.4 is 5.32 Å². The number of aliphatic hydroxyl groups is 1. The highest BCUT2D eigenvalue weighted by atomic mass is 16.6. The summed E-state index contributed by atoms with van der Waals surface area (Å²) in [6.07, 6.45) is 6.68. The van der Waals surface area contributed by atoms with Crippen LogP contribution in [0.1, 0.15) is 32.6 Å². The Morgan fingerprint density at radius 1 is 1.55 bits per heavy atom. The van der Waals surface area contributed by atoms with Crippen LogP contribution >= 0.6 is 0 Å². The van der Waals surface area contributed by atoms with E-state index in [1.807, 2.05) is 12.2 Å². The summed E-state index contributed by atoms with van der Waals surface area (Å²) < 4.78 is 5.31. The molecule has 1 amide bonds. The first kappa shape index (κ1) is 15.1. The first-order valence-corrected chi connectivity index (χ1v) is 7.66. The molecule has 3 aliphatic rings. The summed E-state index contributed by atoms with van der Waals surface area (Å²) in [6, 6.07) is -0.886. The molecule has 0 radical (unpaired) electrons. The Kier molecular flexibility index (Phi) is 3.55. The van der Waals surface area contributed by atoms with Crippen LogP contribution in [0.5, 0.6) is 0 Å². The number of rotatable bonds is 5. The van der Waals surface area contributed by atoms with Crippen molar-refractivity contribution >= 4 is 11.9 Å². The fraction of sp³-hybridized carbons (Fsp3) is 0.733. The van der Waals surface area contributed by atoms with Crippen molar-refractivity contribution < 1.29 is 19.4 Å². The van der Waals surface area contributed by atoms with Gasteiger partial charge in [0, 0.05) is 12.5 Å². The van der Waals surface area contributed by atoms with Gasteiger partial charge in [-0.25, -0.2) is 4.79 Å². The minimum atomic E-state index is -1.40. The number of aliphatic hydroxyl groups excluding tert-OH is 1. The zero-order chi connectivity index (χ0) is 16.0. The second kappa shape index (κ2) is 5.15. The largest absolute Gasteiger partial charge is 0.453 e. The second-order valence-electron chi connectivity index (χ2n) is 6.43. The number of esters is 1. The van der Waals surface area contributed by atoms with Crippen molar-refractivity contribution in [1.82, 2.24) is 5.32 Å². The quantitative estimate of drug-likeness (QED) is 0.441. The van der Waals surface area contributed by atoms with Crippen LogP contribution in [-0.4, -0.2) is 40.8 Å². The molecule has 0 unspecified atom stereocenters. The summed E-state index contributed by atoms with van der Waals surface area (Å²) >= 11 is 0. The van der Waals surface area contributed by atoms with Crippen molar-refractivity contribution in [2.45, 2.75) is 49.8 Å². The monoisotopic (exact) mass is 308 g/mol. The minimum Gasteiger partial charge on any atom is -0.453 e. The maximum Gasteiger partial charge on any atom is 0.339 e. The number of hydrogen-bond acceptors (Lipinski definition) is 6. The van der Waals surface area contributed by atoms with Crippen molar-refractivity contribution in [2.24, 2.45) is 17.0 Å². The number of fused-ring (bicyclic) bond motifs is 1. The maximum atomic E-state index is 12.3. The molecule has 0 saturated carbocycles. The molecule has 2 saturated heterocycles. The first-order chi connectivity index (χ1) is 10.5. The summed E-state index contributed by atoms with van der Waals surface area (Å²) in [5.74, 6) is -1.82. The Hall–Kier alpha value is -1.76. The number of hydrogen-bond donors (Lipinski definition) is 2. The molecule has 0 aromatic carbocycles. The third-order valence-electron chi connectivity index (χ3n) is 5.38. The number of carbonyl (C=O) groups is 2. The lowest BCUT2D eigenvalue weighted by atomic mass is 9.63. The molecule has 0 aromatic heterocycles. The van der Waals surface area contributed by atoms with E-state index in [0.29, 0.717) is 0 Å². The molecule has 0 aromatic rings. The molecule has 120 valence electrons. The average molecular weight is 308 g/mol. The van der Waals surface area contributed by atoms with E-state index in [2.05, 4.69) is 10.5 Å². The zero-order valence-electron chi connectivity index (χ0n) is 12.4. The van der Waals surface area contributed by atoms with E-state index < -0.39 is 29.1 Å². The molecular formula is C15H20N2O5. The molecule has 0 bridgehead atoms. The minimum absolute atomic E-state index is 0.184. The van der Waals surface area contributed by atoms with Crippen LogP contribution in [-0.2, 0) is 14.3 Å². The van der Waals surface area contributed by atoms with Crippen molar-refractivity contribution in [3.8, 4) is 0 Å². The van der Waals surface area contributed by atoms with Gasteiger partial charge in [-0.2, -0.15) is 4.91 Å². The maximum absolute atomic E-state index is 12.3. The van der Waals surface area contributed by atoms with Crippen LogP contribution in [0.2, 0.25) is 0 Å². The Morgan fingerprint density at radius 3 is 2.86 bits per heavy atom. The van der Waals surface area contributed by atoms with Crippen LogP contribution in [0, 0.1) is 16.7 Å². The highest BCUT2D eigenvalue weighted by Gasteiger charge is 2.80. The van der Waals surface area contributed by atoms with Gasteiger partial charge in [0.1, 0.15) is 6.04 Å². The van der Waals surface area contributed by atoms with E-state index in [0.717, 1.165) is 19.3 Å². The third kappa shape index (κ3) is 1.71. The third-order valence-corrected chi connectivity index (χ3v) is 5.38. The summed E-state index contributed by atoms with van der Waals surface area (Å²) in [5, 5.41) is 15.1. The lowest BCUT2D eigenvalue weighted by molar-refractivity contribution is -0.225. The van der Waals surface area contributed by atoms with Gasteiger partial charge in [0.15, 0.2) is 5.60 Å². The van der Waals surface area contributed by atoms with E-state index in [1.54, 1.807) is 6.92 Å². The van der Waals surface area contributed by atoms with E-state index >= 15 is 0 Å². The average Bonchev–Trinajstić information content (AvgIpc) is 2.68. The van der Waals surface area contributed by atoms with E-state index in [1.165, 1.54) is 0 Å². The number of nitrogens with zero attached hydrogens (tertiary/aromatic N) is 1. The van der Waals surface area contributed by atoms with E-state index in [4.69, 9.17) is 9.84 Å². The Labute approximate surface area is 128 Å². The number of amides is 1. The predicted octanol–water partition coefficient (Wildman–Crippen LogP) is 0.660. The van der Waals surface area contributed by atoms with Gasteiger partial charge in [-0.15, -0.1) is 0 Å². The number of ether oxygens (including phenoxy) is 1. The molecule has 3 rings (SSSR count). The summed E-state index contributed by atoms with van der Waals surface area (Å²) in [6.45, 7) is 1.46. The molecule has 7 heteroatoms. The SMILES string of the molecule is C[C@@]12OC(=O)[C@]1([C@H](N=O)[C@@H]1C=CCCC1)NC(=O)[C@@H]2CCO. The smallest absolute Gasteiger partial charge is 0.339 e. The van der Waals surface area contributed by atoms with Crippen LogP contribution in [0.4, 0.5) is 0 Å². The number of nitrogens with one attached hydrogen (secondary N) is 1. The van der Waals surface area contributed by atoms with Crippen molar-refractivity contribution in [1.29, 1.82) is 0 Å². The van der Waals surface area contributed by atoms with Gasteiger partial charge >= 0.3 is 5.97 Å². The summed E-state index contributed by atoms with van der Waals surface area (Å²) in [5.41, 5.74) is -2.54. The van der Waals surface area contributed by atoms with Gasteiger partial charge in [-0.1, -0.05) is 17.3 Å². The zero-order valence-corrected chi connectivity index (χ0v) is 12.4. The fourth-order valence-electron chi connectivity index (χ4n) is 4.17. The Balaban J connectivity index is 2.00. The first-order valence-electron chi connectivity index (χ1n) is 7.66. The molecule has 2 aliphatic heterocycles. The van der Waals surface area contributed by atoms with Gasteiger partial charge in [0.25, 0.3) is 0 Å². The molecule has 22 heavy (non-hydrogen) atoms. The molecule has 2 heterocycles. The highest BCUT2D eigenvalue weighted by Crippen LogP contribution is 2.54. The van der Waals surface area contributed by atoms with E-state index in [-0.39, 0.29) is 24.9 Å². The summed E-state index contributed by atoms with van der Waals surface area (Å²) in [7, 11) is 0. The molecule has 2 fully saturated rings. The Morgan fingerprint density at radius 2 is 2.32 bits per heavy atom. The predicted molar refractivity (Wildman–Crippen MR) is 76.6 cm³/mol. The molecular weight excluding hydrogens is 288 g/mol. The topological polar surface area (TPSA) is 105 Å². The molecule has 1 aliphatic carbocycles. The van der Waals surface area contributed by atoms with Crippen LogP contribution in [0.3, 0.4) is 0 Å². The summed E-state index contributed by atoms with van der Waals surface area (Å²) in [4.78, 5) is 36.1. The van der Waals surface area contributed by atoms with Gasteiger partial charge in [-0.3, -0.25) is 4.79 Å². The highest BCUT2D eigenvalue weighted by molar-refractivity contribution is 6.02. The van der Waals surface area contributed by atoms with Crippen LogP contribution in [0.25, 0.3) is 0 Å². The van der Waals surface area contributed by atoms with Gasteiger partial charge in [0.2, 0.25) is 11.4 Å². The van der Waals surface area contributed by atoms with Crippen molar-refractivity contribution in [3.05, 3.63) is 17.1 Å². The normalized spacial score (nSPS) is 41.2. The molecule has 5 atom stereocenters. The Bertz CT molecular complexity index is 548. The second-order valence-corrected chi connectivity index (χ2v) is 6.43. The lowest BCUT2D eigenvalue weighted by Crippen LogP contribution is -2.79. The number of nitroso groups, excluding NO2 is 1. The molecule has 0 spiro atoms. The van der Waals surface area contributed by atoms with Crippen LogP contribution in [0.15, 0.2) is 17.3 Å². The van der Waals surface area contributed by atoms with Gasteiger partial charge in [0.05, 0.1) is 5.92 Å². The van der Waals surface area contributed by atoms with Crippen molar-refractivity contribution in [3.63, 3.8) is 0 Å². The standard InChI is InChI=1S/C15H20N2O5/c1-14-10(7-8-18)12(19)16-15(14,13(20)22-14)11(17-21)9-5-3-2-4-6-9/h3,5,9-11,18H,2,4,6-8H2,1H3,(H,16,19)/t9-,10+,11-,14+,15+/m1/s1. The number of allylic oxidation sites excluding steroid dienone is 1. The van der Waals surface area contributed by atoms with E-state index in [9.17, 15) is 14.5 Å². The van der Waals surface area contributed by atoms with Gasteiger partial charge < -0.3 is 15.2 Å². The fourth-order valence-corrected chi connectivity index (χ4v) is 4.17. The number of carbonyl (C=O) groups excluding carboxylic acids is 2. The van der Waals surface area contributed by atoms with Crippen molar-refractivity contribution in [2.75, 3.05) is 6.61 Å². The lowest BCUT2D eigenvalue weighted by Gasteiger charge is -2.54. The van der Waals surface area contributed by atoms with Gasteiger partial charge in [-0.05, 0) is 32.6 Å². The molecule has 7 nitrogen and oxygen atoms in total. The molecule has 2 N–H and O–H groups in total.